The SMILES string of the molecule is CC1(O)CCCN(S(=O)(=O)c2ccc([N+](=O)[O-])c(F)c2)C1. The van der Waals surface area contributed by atoms with Crippen LogP contribution < -0.4 is 0 Å². The number of hydrogen-bond donors (Lipinski definition) is 1. The van der Waals surface area contributed by atoms with E-state index < -0.39 is 32.1 Å². The van der Waals surface area contributed by atoms with Gasteiger partial charge in [-0.25, -0.2) is 8.42 Å². The summed E-state index contributed by atoms with van der Waals surface area (Å²) in [5.74, 6) is -1.20. The van der Waals surface area contributed by atoms with E-state index in [0.29, 0.717) is 18.9 Å². The average Bonchev–Trinajstić information content (AvgIpc) is 2.36. The Bertz CT molecular complexity index is 674. The number of halogens is 1. The van der Waals surface area contributed by atoms with Gasteiger partial charge in [0.2, 0.25) is 15.8 Å². The summed E-state index contributed by atoms with van der Waals surface area (Å²) < 4.78 is 39.4. The fourth-order valence-electron chi connectivity index (χ4n) is 2.32. The Kier molecular flexibility index (Phi) is 4.00. The number of β-amino-alcohol motifs (C(OH)–C–C–N with tert-alkyl or cyclic N) is 1. The lowest BCUT2D eigenvalue weighted by atomic mass is 9.97. The highest BCUT2D eigenvalue weighted by atomic mass is 32.2. The molecule has 0 bridgehead atoms. The Balaban J connectivity index is 2.36. The third-order valence-corrected chi connectivity index (χ3v) is 5.23. The fraction of sp³-hybridized carbons (Fsp3) is 0.500. The Hall–Kier alpha value is -1.58. The zero-order valence-electron chi connectivity index (χ0n) is 11.3. The molecule has 9 heteroatoms. The van der Waals surface area contributed by atoms with E-state index in [-0.39, 0.29) is 18.0 Å². The van der Waals surface area contributed by atoms with Crippen molar-refractivity contribution in [2.75, 3.05) is 13.1 Å². The van der Waals surface area contributed by atoms with Crippen molar-refractivity contribution in [1.82, 2.24) is 4.31 Å². The Labute approximate surface area is 121 Å². The number of aliphatic hydroxyl groups is 1. The summed E-state index contributed by atoms with van der Waals surface area (Å²) in [5, 5.41) is 20.5. The van der Waals surface area contributed by atoms with Gasteiger partial charge in [-0.3, -0.25) is 10.1 Å². The predicted octanol–water partition coefficient (Wildman–Crippen LogP) is 1.27. The van der Waals surface area contributed by atoms with Crippen LogP contribution in [0.1, 0.15) is 19.8 Å². The largest absolute Gasteiger partial charge is 0.389 e. The van der Waals surface area contributed by atoms with Gasteiger partial charge in [0.15, 0.2) is 0 Å². The van der Waals surface area contributed by atoms with Crippen molar-refractivity contribution >= 4 is 15.7 Å². The zero-order chi connectivity index (χ0) is 15.8. The third-order valence-electron chi connectivity index (χ3n) is 3.39. The van der Waals surface area contributed by atoms with Crippen LogP contribution >= 0.6 is 0 Å². The van der Waals surface area contributed by atoms with Crippen molar-refractivity contribution in [3.8, 4) is 0 Å². The molecule has 7 nitrogen and oxygen atoms in total. The van der Waals surface area contributed by atoms with Crippen LogP contribution in [0.3, 0.4) is 0 Å². The van der Waals surface area contributed by atoms with Crippen LogP contribution in [0.2, 0.25) is 0 Å². The second kappa shape index (κ2) is 5.32. The fourth-order valence-corrected chi connectivity index (χ4v) is 3.93. The van der Waals surface area contributed by atoms with Crippen LogP contribution in [-0.4, -0.2) is 41.4 Å². The van der Waals surface area contributed by atoms with Crippen molar-refractivity contribution in [2.24, 2.45) is 0 Å². The topological polar surface area (TPSA) is 101 Å². The van der Waals surface area contributed by atoms with Crippen molar-refractivity contribution in [3.05, 3.63) is 34.1 Å². The zero-order valence-corrected chi connectivity index (χ0v) is 12.1. The maximum Gasteiger partial charge on any atom is 0.304 e. The van der Waals surface area contributed by atoms with Gasteiger partial charge in [0.25, 0.3) is 0 Å². The molecule has 1 heterocycles. The van der Waals surface area contributed by atoms with Crippen LogP contribution in [-0.2, 0) is 10.0 Å². The molecule has 1 fully saturated rings. The summed E-state index contributed by atoms with van der Waals surface area (Å²) in [6, 6.07) is 2.46. The smallest absolute Gasteiger partial charge is 0.304 e. The molecule has 0 aromatic heterocycles. The lowest BCUT2D eigenvalue weighted by molar-refractivity contribution is -0.387. The molecule has 1 aromatic rings. The normalized spacial score (nSPS) is 24.0. The molecule has 0 amide bonds. The molecule has 1 saturated heterocycles. The van der Waals surface area contributed by atoms with E-state index in [1.165, 1.54) is 6.92 Å². The minimum absolute atomic E-state index is 0.0893. The Morgan fingerprint density at radius 1 is 1.48 bits per heavy atom. The maximum absolute atomic E-state index is 13.6. The highest BCUT2D eigenvalue weighted by Gasteiger charge is 2.36. The highest BCUT2D eigenvalue weighted by molar-refractivity contribution is 7.89. The molecule has 1 aliphatic heterocycles. The Morgan fingerprint density at radius 3 is 2.67 bits per heavy atom. The second-order valence-corrected chi connectivity index (χ2v) is 7.25. The van der Waals surface area contributed by atoms with Gasteiger partial charge in [-0.1, -0.05) is 0 Å². The molecule has 0 radical (unpaired) electrons. The Morgan fingerprint density at radius 2 is 2.14 bits per heavy atom. The first-order valence-corrected chi connectivity index (χ1v) is 7.74. The molecule has 116 valence electrons. The van der Waals surface area contributed by atoms with E-state index in [1.54, 1.807) is 0 Å². The van der Waals surface area contributed by atoms with Gasteiger partial charge in [-0.15, -0.1) is 0 Å². The van der Waals surface area contributed by atoms with E-state index in [0.717, 1.165) is 16.4 Å². The monoisotopic (exact) mass is 318 g/mol. The van der Waals surface area contributed by atoms with Gasteiger partial charge in [-0.05, 0) is 25.8 Å². The van der Waals surface area contributed by atoms with Crippen LogP contribution in [0.4, 0.5) is 10.1 Å². The maximum atomic E-state index is 13.6. The van der Waals surface area contributed by atoms with Gasteiger partial charge in [0.1, 0.15) is 0 Å². The number of rotatable bonds is 3. The van der Waals surface area contributed by atoms with Crippen molar-refractivity contribution in [1.29, 1.82) is 0 Å². The molecule has 0 aliphatic carbocycles. The average molecular weight is 318 g/mol. The van der Waals surface area contributed by atoms with E-state index in [4.69, 9.17) is 0 Å². The summed E-state index contributed by atoms with van der Waals surface area (Å²) in [6.07, 6.45) is 0.968. The number of nitrogens with zero attached hydrogens (tertiary/aromatic N) is 2. The van der Waals surface area contributed by atoms with Crippen molar-refractivity contribution in [2.45, 2.75) is 30.3 Å². The van der Waals surface area contributed by atoms with E-state index in [2.05, 4.69) is 0 Å². The van der Waals surface area contributed by atoms with Crippen molar-refractivity contribution < 1.29 is 22.8 Å². The first kappa shape index (κ1) is 15.8. The molecule has 2 rings (SSSR count). The van der Waals surface area contributed by atoms with Crippen LogP contribution in [0.5, 0.6) is 0 Å². The molecule has 1 atom stereocenters. The van der Waals surface area contributed by atoms with E-state index in [1.807, 2.05) is 0 Å². The first-order chi connectivity index (χ1) is 9.63. The molecule has 0 saturated carbocycles. The van der Waals surface area contributed by atoms with E-state index >= 15 is 0 Å². The number of benzene rings is 1. The van der Waals surface area contributed by atoms with Gasteiger partial charge in [0, 0.05) is 25.2 Å². The second-order valence-electron chi connectivity index (χ2n) is 5.31. The van der Waals surface area contributed by atoms with Crippen molar-refractivity contribution in [3.63, 3.8) is 0 Å². The number of nitro groups is 1. The highest BCUT2D eigenvalue weighted by Crippen LogP contribution is 2.28. The molecule has 1 aromatic carbocycles. The number of sulfonamides is 1. The minimum Gasteiger partial charge on any atom is -0.389 e. The standard InChI is InChI=1S/C12H15FN2O5S/c1-12(16)5-2-6-14(8-12)21(19,20)9-3-4-11(15(17)18)10(13)7-9/h3-4,7,16H,2,5-6,8H2,1H3. The van der Waals surface area contributed by atoms with E-state index in [9.17, 15) is 28.0 Å². The number of nitro benzene ring substituents is 1. The molecule has 21 heavy (non-hydrogen) atoms. The summed E-state index contributed by atoms with van der Waals surface area (Å²) in [5.41, 5.74) is -1.91. The third kappa shape index (κ3) is 3.20. The summed E-state index contributed by atoms with van der Waals surface area (Å²) in [7, 11) is -3.99. The lowest BCUT2D eigenvalue weighted by Gasteiger charge is -2.35. The first-order valence-electron chi connectivity index (χ1n) is 6.30. The lowest BCUT2D eigenvalue weighted by Crippen LogP contribution is -2.48. The van der Waals surface area contributed by atoms with Crippen LogP contribution in [0.25, 0.3) is 0 Å². The quantitative estimate of drug-likeness (QED) is 0.668. The molecule has 1 N–H and O–H groups in total. The summed E-state index contributed by atoms with van der Waals surface area (Å²) in [4.78, 5) is 9.26. The van der Waals surface area contributed by atoms with Gasteiger partial charge < -0.3 is 5.11 Å². The van der Waals surface area contributed by atoms with Gasteiger partial charge >= 0.3 is 5.69 Å². The molecule has 1 aliphatic rings. The minimum atomic E-state index is -3.99. The predicted molar refractivity (Wildman–Crippen MR) is 71.7 cm³/mol. The number of piperidine rings is 1. The van der Waals surface area contributed by atoms with Crippen LogP contribution in [0.15, 0.2) is 23.1 Å². The van der Waals surface area contributed by atoms with Crippen LogP contribution in [0, 0.1) is 15.9 Å². The molecule has 0 spiro atoms. The molecule has 1 unspecified atom stereocenters. The van der Waals surface area contributed by atoms with Gasteiger partial charge in [-0.2, -0.15) is 8.70 Å². The summed E-state index contributed by atoms with van der Waals surface area (Å²) >= 11 is 0. The number of hydrogen-bond acceptors (Lipinski definition) is 5. The molecular formula is C12H15FN2O5S. The summed E-state index contributed by atoms with van der Waals surface area (Å²) in [6.45, 7) is 1.66. The molecular weight excluding hydrogens is 303 g/mol. The van der Waals surface area contributed by atoms with Gasteiger partial charge in [0.05, 0.1) is 15.4 Å².